The molecule has 1 aromatic heterocycles. The van der Waals surface area contributed by atoms with Crippen LogP contribution in [0.4, 0.5) is 5.69 Å². The molecule has 0 radical (unpaired) electrons. The van der Waals surface area contributed by atoms with E-state index in [0.29, 0.717) is 13.2 Å². The molecule has 0 unspecified atom stereocenters. The predicted octanol–water partition coefficient (Wildman–Crippen LogP) is 4.51. The summed E-state index contributed by atoms with van der Waals surface area (Å²) in [5.41, 5.74) is 4.29. The minimum atomic E-state index is -0.396. The summed E-state index contributed by atoms with van der Waals surface area (Å²) in [5, 5.41) is 14.6. The molecule has 6 nitrogen and oxygen atoms in total. The van der Waals surface area contributed by atoms with E-state index < -0.39 is 5.91 Å². The highest BCUT2D eigenvalue weighted by atomic mass is 16.5. The van der Waals surface area contributed by atoms with Gasteiger partial charge in [-0.1, -0.05) is 18.2 Å². The van der Waals surface area contributed by atoms with Crippen LogP contribution in [0, 0.1) is 11.3 Å². The van der Waals surface area contributed by atoms with E-state index in [4.69, 9.17) is 4.74 Å². The number of ether oxygens (including phenoxy) is 1. The first-order valence-corrected chi connectivity index (χ1v) is 11.4. The average Bonchev–Trinajstić information content (AvgIpc) is 3.22. The molecule has 0 bridgehead atoms. The Labute approximate surface area is 195 Å². The van der Waals surface area contributed by atoms with E-state index in [0.717, 1.165) is 30.0 Å². The molecule has 3 aromatic rings. The number of rotatable bonds is 7. The number of nitriles is 1. The maximum absolute atomic E-state index is 12.3. The number of hydrogen-bond donors (Lipinski definition) is 1. The van der Waals surface area contributed by atoms with Crippen molar-refractivity contribution in [3.63, 3.8) is 0 Å². The normalized spacial score (nSPS) is 14.3. The van der Waals surface area contributed by atoms with Crippen LogP contribution in [0.2, 0.25) is 0 Å². The fourth-order valence-corrected chi connectivity index (χ4v) is 4.36. The van der Waals surface area contributed by atoms with E-state index in [1.807, 2.05) is 29.8 Å². The van der Waals surface area contributed by atoms with Crippen LogP contribution in [0.25, 0.3) is 28.1 Å². The summed E-state index contributed by atoms with van der Waals surface area (Å²) in [4.78, 5) is 14.7. The van der Waals surface area contributed by atoms with Gasteiger partial charge in [0, 0.05) is 50.9 Å². The first-order chi connectivity index (χ1) is 16.1. The van der Waals surface area contributed by atoms with Crippen molar-refractivity contribution in [3.8, 4) is 17.3 Å². The second-order valence-electron chi connectivity index (χ2n) is 8.41. The van der Waals surface area contributed by atoms with Gasteiger partial charge in [0.1, 0.15) is 11.6 Å². The van der Waals surface area contributed by atoms with E-state index in [1.165, 1.54) is 35.7 Å². The average molecular weight is 443 g/mol. The zero-order valence-electron chi connectivity index (χ0n) is 19.3. The molecular weight excluding hydrogens is 412 g/mol. The van der Waals surface area contributed by atoms with Crippen LogP contribution in [0.3, 0.4) is 0 Å². The van der Waals surface area contributed by atoms with E-state index >= 15 is 0 Å². The van der Waals surface area contributed by atoms with Gasteiger partial charge >= 0.3 is 0 Å². The summed E-state index contributed by atoms with van der Waals surface area (Å²) in [6.45, 7) is 3.04. The van der Waals surface area contributed by atoms with Crippen LogP contribution in [0.5, 0.6) is 0 Å². The van der Waals surface area contributed by atoms with Crippen LogP contribution in [-0.4, -0.2) is 43.8 Å². The lowest BCUT2D eigenvalue weighted by Crippen LogP contribution is -2.29. The largest absolute Gasteiger partial charge is 0.383 e. The molecule has 0 saturated carbocycles. The summed E-state index contributed by atoms with van der Waals surface area (Å²) in [6.07, 6.45) is 5.49. The number of nitrogens with zero attached hydrogens (tertiary/aromatic N) is 3. The number of benzene rings is 2. The lowest BCUT2D eigenvalue weighted by Gasteiger charge is -2.29. The number of hydrogen-bond acceptors (Lipinski definition) is 4. The van der Waals surface area contributed by atoms with E-state index in [9.17, 15) is 10.1 Å². The SMILES string of the molecule is COCCNC(=O)/C(C#N)=C/c1ccc(-c2ccc3cc(N4CCCCC4)ccc3c2)n1C. The van der Waals surface area contributed by atoms with Crippen molar-refractivity contribution in [2.75, 3.05) is 38.3 Å². The van der Waals surface area contributed by atoms with Gasteiger partial charge in [0.15, 0.2) is 0 Å². The van der Waals surface area contributed by atoms with Crippen molar-refractivity contribution in [2.45, 2.75) is 19.3 Å². The molecule has 0 aliphatic carbocycles. The molecule has 1 aliphatic heterocycles. The van der Waals surface area contributed by atoms with Gasteiger partial charge in [-0.3, -0.25) is 4.79 Å². The lowest BCUT2D eigenvalue weighted by molar-refractivity contribution is -0.117. The predicted molar refractivity (Wildman–Crippen MR) is 133 cm³/mol. The Balaban J connectivity index is 1.57. The number of nitrogens with one attached hydrogen (secondary N) is 1. The Morgan fingerprint density at radius 3 is 2.61 bits per heavy atom. The van der Waals surface area contributed by atoms with Crippen molar-refractivity contribution in [1.82, 2.24) is 9.88 Å². The van der Waals surface area contributed by atoms with Crippen LogP contribution in [0.15, 0.2) is 54.1 Å². The van der Waals surface area contributed by atoms with Crippen LogP contribution in [0.1, 0.15) is 25.0 Å². The number of carbonyl (C=O) groups is 1. The van der Waals surface area contributed by atoms with E-state index in [-0.39, 0.29) is 5.57 Å². The highest BCUT2D eigenvalue weighted by Gasteiger charge is 2.13. The molecule has 0 spiro atoms. The van der Waals surface area contributed by atoms with E-state index in [1.54, 1.807) is 13.2 Å². The Hall–Kier alpha value is -3.56. The monoisotopic (exact) mass is 442 g/mol. The third-order valence-corrected chi connectivity index (χ3v) is 6.25. The number of amides is 1. The van der Waals surface area contributed by atoms with Crippen molar-refractivity contribution < 1.29 is 9.53 Å². The minimum absolute atomic E-state index is 0.0719. The molecule has 6 heteroatoms. The summed E-state index contributed by atoms with van der Waals surface area (Å²) in [7, 11) is 3.52. The van der Waals surface area contributed by atoms with Gasteiger partial charge in [0.05, 0.1) is 6.61 Å². The minimum Gasteiger partial charge on any atom is -0.383 e. The maximum atomic E-state index is 12.3. The molecule has 0 atom stereocenters. The van der Waals surface area contributed by atoms with Gasteiger partial charge in [-0.25, -0.2) is 0 Å². The van der Waals surface area contributed by atoms with Gasteiger partial charge in [0.2, 0.25) is 0 Å². The highest BCUT2D eigenvalue weighted by molar-refractivity contribution is 6.01. The molecule has 1 aliphatic rings. The first-order valence-electron chi connectivity index (χ1n) is 11.4. The number of methoxy groups -OCH3 is 1. The molecule has 33 heavy (non-hydrogen) atoms. The molecule has 2 aromatic carbocycles. The Morgan fingerprint density at radius 2 is 1.85 bits per heavy atom. The molecule has 1 fully saturated rings. The molecular formula is C27H30N4O2. The first kappa shape index (κ1) is 22.6. The standard InChI is InChI=1S/C27H30N4O2/c1-30-24(18-23(19-28)27(32)29-12-15-33-2)10-11-26(30)22-7-6-21-17-25(9-8-20(21)16-22)31-13-4-3-5-14-31/h6-11,16-18H,3-5,12-15H2,1-2H3,(H,29,32)/b23-18+. The van der Waals surface area contributed by atoms with Gasteiger partial charge < -0.3 is 19.5 Å². The van der Waals surface area contributed by atoms with Crippen molar-refractivity contribution >= 4 is 28.4 Å². The van der Waals surface area contributed by atoms with E-state index in [2.05, 4.69) is 46.6 Å². The number of fused-ring (bicyclic) bond motifs is 1. The van der Waals surface area contributed by atoms with Crippen LogP contribution in [-0.2, 0) is 16.6 Å². The quantitative estimate of drug-likeness (QED) is 0.332. The van der Waals surface area contributed by atoms with Gasteiger partial charge in [-0.05, 0) is 72.0 Å². The molecule has 4 rings (SSSR count). The van der Waals surface area contributed by atoms with Gasteiger partial charge in [-0.2, -0.15) is 5.26 Å². The molecule has 1 N–H and O–H groups in total. The summed E-state index contributed by atoms with van der Waals surface area (Å²) >= 11 is 0. The lowest BCUT2D eigenvalue weighted by atomic mass is 10.0. The third-order valence-electron chi connectivity index (χ3n) is 6.25. The molecule has 2 heterocycles. The number of piperidine rings is 1. The Kier molecular flexibility index (Phi) is 7.11. The Morgan fingerprint density at radius 1 is 1.09 bits per heavy atom. The van der Waals surface area contributed by atoms with Crippen molar-refractivity contribution in [2.24, 2.45) is 7.05 Å². The topological polar surface area (TPSA) is 70.3 Å². The second kappa shape index (κ2) is 10.4. The molecule has 1 saturated heterocycles. The zero-order valence-corrected chi connectivity index (χ0v) is 19.3. The van der Waals surface area contributed by atoms with Crippen LogP contribution >= 0.6 is 0 Å². The highest BCUT2D eigenvalue weighted by Crippen LogP contribution is 2.30. The number of carbonyl (C=O) groups excluding carboxylic acids is 1. The zero-order chi connectivity index (χ0) is 23.2. The summed E-state index contributed by atoms with van der Waals surface area (Å²) in [5.74, 6) is -0.396. The number of anilines is 1. The smallest absolute Gasteiger partial charge is 0.262 e. The Bertz CT molecular complexity index is 1210. The van der Waals surface area contributed by atoms with Crippen LogP contribution < -0.4 is 10.2 Å². The molecule has 170 valence electrons. The second-order valence-corrected chi connectivity index (χ2v) is 8.41. The third kappa shape index (κ3) is 5.10. The van der Waals surface area contributed by atoms with Gasteiger partial charge in [-0.15, -0.1) is 0 Å². The summed E-state index contributed by atoms with van der Waals surface area (Å²) in [6, 6.07) is 19.2. The fourth-order valence-electron chi connectivity index (χ4n) is 4.36. The fraction of sp³-hybridized carbons (Fsp3) is 0.333. The van der Waals surface area contributed by atoms with Crippen molar-refractivity contribution in [1.29, 1.82) is 5.26 Å². The van der Waals surface area contributed by atoms with Crippen molar-refractivity contribution in [3.05, 3.63) is 59.8 Å². The summed E-state index contributed by atoms with van der Waals surface area (Å²) < 4.78 is 6.94. The number of aromatic nitrogens is 1. The van der Waals surface area contributed by atoms with Gasteiger partial charge in [0.25, 0.3) is 5.91 Å². The maximum Gasteiger partial charge on any atom is 0.262 e. The molecule has 1 amide bonds.